The summed E-state index contributed by atoms with van der Waals surface area (Å²) in [6, 6.07) is 17.3. The largest absolute Gasteiger partial charge is 0.478 e. The lowest BCUT2D eigenvalue weighted by molar-refractivity contribution is -0.120. The first-order chi connectivity index (χ1) is 22.4. The Balaban J connectivity index is 1.25. The highest BCUT2D eigenvalue weighted by Gasteiger charge is 2.41. The van der Waals surface area contributed by atoms with Crippen molar-refractivity contribution < 1.29 is 33.4 Å². The minimum Gasteiger partial charge on any atom is -0.478 e. The Morgan fingerprint density at radius 2 is 1.17 bits per heavy atom. The highest BCUT2D eigenvalue weighted by atomic mass is 32.2. The number of imide groups is 1. The monoisotopic (exact) mass is 660 g/mol. The fraction of sp³-hybridized carbons (Fsp3) is 0.303. The number of pyridine rings is 1. The van der Waals surface area contributed by atoms with Crippen molar-refractivity contribution in [1.29, 1.82) is 0 Å². The van der Waals surface area contributed by atoms with Gasteiger partial charge >= 0.3 is 0 Å². The Bertz CT molecular complexity index is 1540. The van der Waals surface area contributed by atoms with E-state index in [2.05, 4.69) is 4.98 Å². The van der Waals surface area contributed by atoms with Gasteiger partial charge in [-0.3, -0.25) is 19.2 Å². The van der Waals surface area contributed by atoms with Crippen LogP contribution >= 0.6 is 23.5 Å². The molecule has 0 atom stereocenters. The van der Waals surface area contributed by atoms with Gasteiger partial charge in [0.15, 0.2) is 0 Å². The fourth-order valence-corrected chi connectivity index (χ4v) is 7.09. The third-order valence-electron chi connectivity index (χ3n) is 7.51. The predicted octanol–water partition coefficient (Wildman–Crippen LogP) is 4.09. The molecular formula is C33H32N4O7S2. The maximum atomic E-state index is 13.9. The van der Waals surface area contributed by atoms with Gasteiger partial charge in [-0.2, -0.15) is 0 Å². The molecule has 0 bridgehead atoms. The third-order valence-corrected chi connectivity index (χ3v) is 9.82. The van der Waals surface area contributed by atoms with E-state index in [0.29, 0.717) is 91.7 Å². The quantitative estimate of drug-likeness (QED) is 0.311. The molecule has 4 heterocycles. The summed E-state index contributed by atoms with van der Waals surface area (Å²) in [6.45, 7) is 6.48. The SMILES string of the molecule is CCOc1ccc(N2C(=O)C(Sc3ccc(C(=O)N4CCOCC4)cc3)=C(Sc3ccc(C(=O)N4CCOCC4)cc3)C2=O)cn1. The molecule has 0 radical (unpaired) electrons. The van der Waals surface area contributed by atoms with Crippen LogP contribution in [-0.4, -0.2) is 97.6 Å². The van der Waals surface area contributed by atoms with E-state index in [1.807, 2.05) is 6.92 Å². The summed E-state index contributed by atoms with van der Waals surface area (Å²) in [4.78, 5) is 64.3. The van der Waals surface area contributed by atoms with Crippen molar-refractivity contribution in [3.05, 3.63) is 87.8 Å². The number of hydrogen-bond acceptors (Lipinski definition) is 10. The number of aromatic nitrogens is 1. The van der Waals surface area contributed by atoms with Crippen LogP contribution in [0, 0.1) is 0 Å². The number of nitrogens with zero attached hydrogens (tertiary/aromatic N) is 4. The lowest BCUT2D eigenvalue weighted by Gasteiger charge is -2.26. The lowest BCUT2D eigenvalue weighted by atomic mass is 10.2. The predicted molar refractivity (Wildman–Crippen MR) is 173 cm³/mol. The van der Waals surface area contributed by atoms with E-state index >= 15 is 0 Å². The molecule has 2 aromatic carbocycles. The molecule has 0 N–H and O–H groups in total. The van der Waals surface area contributed by atoms with Gasteiger partial charge in [0.25, 0.3) is 23.6 Å². The van der Waals surface area contributed by atoms with Crippen LogP contribution in [0.25, 0.3) is 0 Å². The van der Waals surface area contributed by atoms with Crippen molar-refractivity contribution in [2.45, 2.75) is 16.7 Å². The van der Waals surface area contributed by atoms with Gasteiger partial charge in [-0.25, -0.2) is 9.88 Å². The Labute approximate surface area is 274 Å². The number of carbonyl (C=O) groups excluding carboxylic acids is 4. The zero-order chi connectivity index (χ0) is 32.0. The van der Waals surface area contributed by atoms with Crippen LogP contribution in [-0.2, 0) is 19.1 Å². The number of amides is 4. The molecule has 3 aliphatic rings. The summed E-state index contributed by atoms with van der Waals surface area (Å²) in [5.41, 5.74) is 1.40. The lowest BCUT2D eigenvalue weighted by Crippen LogP contribution is -2.40. The number of rotatable bonds is 9. The van der Waals surface area contributed by atoms with E-state index < -0.39 is 11.8 Å². The molecule has 0 aliphatic carbocycles. The number of benzene rings is 2. The Morgan fingerprint density at radius 3 is 1.57 bits per heavy atom. The first-order valence-electron chi connectivity index (χ1n) is 14.9. The molecule has 0 unspecified atom stereocenters. The van der Waals surface area contributed by atoms with Crippen molar-refractivity contribution >= 4 is 52.8 Å². The van der Waals surface area contributed by atoms with Crippen molar-refractivity contribution in [2.75, 3.05) is 64.1 Å². The topological polar surface area (TPSA) is 119 Å². The van der Waals surface area contributed by atoms with Gasteiger partial charge in [-0.1, -0.05) is 23.5 Å². The molecule has 11 nitrogen and oxygen atoms in total. The summed E-state index contributed by atoms with van der Waals surface area (Å²) in [5, 5.41) is 0. The molecule has 13 heteroatoms. The summed E-state index contributed by atoms with van der Waals surface area (Å²) in [6.07, 6.45) is 1.44. The van der Waals surface area contributed by atoms with E-state index in [4.69, 9.17) is 14.2 Å². The molecule has 2 saturated heterocycles. The van der Waals surface area contributed by atoms with Crippen LogP contribution in [0.15, 0.2) is 86.5 Å². The van der Waals surface area contributed by atoms with Gasteiger partial charge in [0.1, 0.15) is 0 Å². The second kappa shape index (κ2) is 14.5. The highest BCUT2D eigenvalue weighted by Crippen LogP contribution is 2.44. The number of morpholine rings is 2. The van der Waals surface area contributed by atoms with E-state index in [1.54, 1.807) is 70.5 Å². The highest BCUT2D eigenvalue weighted by molar-refractivity contribution is 8.08. The van der Waals surface area contributed by atoms with Crippen molar-refractivity contribution in [3.63, 3.8) is 0 Å². The fourth-order valence-electron chi connectivity index (χ4n) is 5.11. The zero-order valence-electron chi connectivity index (χ0n) is 25.2. The second-order valence-electron chi connectivity index (χ2n) is 10.5. The Hall–Kier alpha value is -4.17. The van der Waals surface area contributed by atoms with Gasteiger partial charge in [0.2, 0.25) is 5.88 Å². The number of carbonyl (C=O) groups is 4. The van der Waals surface area contributed by atoms with E-state index in [9.17, 15) is 19.2 Å². The molecule has 4 amide bonds. The number of ether oxygens (including phenoxy) is 3. The van der Waals surface area contributed by atoms with Gasteiger partial charge < -0.3 is 24.0 Å². The average molecular weight is 661 g/mol. The number of hydrogen-bond donors (Lipinski definition) is 0. The summed E-state index contributed by atoms with van der Waals surface area (Å²) >= 11 is 2.33. The average Bonchev–Trinajstić information content (AvgIpc) is 3.33. The minimum atomic E-state index is -0.476. The van der Waals surface area contributed by atoms with Crippen molar-refractivity contribution in [3.8, 4) is 5.88 Å². The number of thioether (sulfide) groups is 2. The molecular weight excluding hydrogens is 629 g/mol. The summed E-state index contributed by atoms with van der Waals surface area (Å²) in [7, 11) is 0. The summed E-state index contributed by atoms with van der Waals surface area (Å²) < 4.78 is 16.1. The van der Waals surface area contributed by atoms with E-state index in [-0.39, 0.29) is 21.6 Å². The second-order valence-corrected chi connectivity index (χ2v) is 12.6. The van der Waals surface area contributed by atoms with Crippen LogP contribution in [0.3, 0.4) is 0 Å². The maximum Gasteiger partial charge on any atom is 0.273 e. The molecule has 238 valence electrons. The normalized spacial score (nSPS) is 17.1. The standard InChI is InChI=1S/C33H32N4O7S2/c1-2-44-27-12-7-24(21-34-27)37-32(40)28(45-25-8-3-22(4-9-25)30(38)35-13-17-42-18-14-35)29(33(37)41)46-26-10-5-23(6-11-26)31(39)36-15-19-43-20-16-36/h3-12,21H,2,13-20H2,1H3. The Kier molecular flexibility index (Phi) is 10.0. The zero-order valence-corrected chi connectivity index (χ0v) is 26.8. The molecule has 3 aromatic rings. The molecule has 1 aromatic heterocycles. The van der Waals surface area contributed by atoms with Crippen LogP contribution in [0.4, 0.5) is 5.69 Å². The molecule has 0 spiro atoms. The number of anilines is 1. The van der Waals surface area contributed by atoms with E-state index in [1.165, 1.54) is 29.7 Å². The Morgan fingerprint density at radius 1 is 0.717 bits per heavy atom. The minimum absolute atomic E-state index is 0.0767. The van der Waals surface area contributed by atoms with Gasteiger partial charge in [0, 0.05) is 53.2 Å². The van der Waals surface area contributed by atoms with Crippen molar-refractivity contribution in [2.24, 2.45) is 0 Å². The molecule has 6 rings (SSSR count). The smallest absolute Gasteiger partial charge is 0.273 e. The van der Waals surface area contributed by atoms with Crippen molar-refractivity contribution in [1.82, 2.24) is 14.8 Å². The maximum absolute atomic E-state index is 13.9. The van der Waals surface area contributed by atoms with Gasteiger partial charge in [0.05, 0.1) is 54.7 Å². The van der Waals surface area contributed by atoms with Crippen LogP contribution in [0.5, 0.6) is 5.88 Å². The summed E-state index contributed by atoms with van der Waals surface area (Å²) in [5.74, 6) is -0.715. The van der Waals surface area contributed by atoms with E-state index in [0.717, 1.165) is 4.90 Å². The molecule has 2 fully saturated rings. The first kappa shape index (κ1) is 31.8. The molecule has 46 heavy (non-hydrogen) atoms. The van der Waals surface area contributed by atoms with Crippen LogP contribution in [0.2, 0.25) is 0 Å². The molecule has 0 saturated carbocycles. The van der Waals surface area contributed by atoms with Crippen LogP contribution < -0.4 is 9.64 Å². The third kappa shape index (κ3) is 6.97. The van der Waals surface area contributed by atoms with Crippen LogP contribution in [0.1, 0.15) is 27.6 Å². The first-order valence-corrected chi connectivity index (χ1v) is 16.6. The van der Waals surface area contributed by atoms with Gasteiger partial charge in [-0.15, -0.1) is 0 Å². The molecule has 3 aliphatic heterocycles. The van der Waals surface area contributed by atoms with Gasteiger partial charge in [-0.05, 0) is 61.5 Å².